The van der Waals surface area contributed by atoms with E-state index in [2.05, 4.69) is 34.0 Å². The second-order valence-corrected chi connectivity index (χ2v) is 7.26. The molecule has 1 atom stereocenters. The highest BCUT2D eigenvalue weighted by Crippen LogP contribution is 2.22. The quantitative estimate of drug-likeness (QED) is 0.491. The number of rotatable bonds is 6. The summed E-state index contributed by atoms with van der Waals surface area (Å²) in [6, 6.07) is 10.8. The molecule has 0 aliphatic rings. The van der Waals surface area contributed by atoms with Crippen molar-refractivity contribution in [1.29, 1.82) is 0 Å². The molecule has 0 amide bonds. The van der Waals surface area contributed by atoms with Crippen LogP contribution in [0.5, 0.6) is 0 Å². The molecule has 6 heteroatoms. The molecular weight excluding hydrogens is 365 g/mol. The molecule has 1 aromatic carbocycles. The Labute approximate surface area is 169 Å². The highest BCUT2D eigenvalue weighted by molar-refractivity contribution is 5.37. The smallest absolute Gasteiger partial charge is 0.123 e. The molecule has 0 N–H and O–H groups in total. The number of imidazole rings is 1. The van der Waals surface area contributed by atoms with Crippen molar-refractivity contribution < 1.29 is 4.39 Å². The minimum Gasteiger partial charge on any atom is -0.306 e. The van der Waals surface area contributed by atoms with E-state index in [0.29, 0.717) is 6.42 Å². The zero-order valence-electron chi connectivity index (χ0n) is 16.5. The van der Waals surface area contributed by atoms with Gasteiger partial charge in [0.1, 0.15) is 5.82 Å². The van der Waals surface area contributed by atoms with Gasteiger partial charge in [-0.2, -0.15) is 0 Å². The second kappa shape index (κ2) is 8.31. The summed E-state index contributed by atoms with van der Waals surface area (Å²) in [5.74, 6) is -0.00459. The third-order valence-electron chi connectivity index (χ3n) is 4.86. The number of hydrogen-bond acceptors (Lipinski definition) is 4. The van der Waals surface area contributed by atoms with Crippen LogP contribution in [-0.2, 0) is 12.8 Å². The van der Waals surface area contributed by atoms with Gasteiger partial charge in [0.05, 0.1) is 23.4 Å². The first kappa shape index (κ1) is 18.9. The number of pyridine rings is 1. The lowest BCUT2D eigenvalue weighted by Gasteiger charge is -2.14. The maximum absolute atomic E-state index is 13.2. The Morgan fingerprint density at radius 1 is 1.00 bits per heavy atom. The van der Waals surface area contributed by atoms with Crippen molar-refractivity contribution in [2.75, 3.05) is 0 Å². The van der Waals surface area contributed by atoms with E-state index < -0.39 is 0 Å². The van der Waals surface area contributed by atoms with Crippen LogP contribution in [0.4, 0.5) is 4.39 Å². The van der Waals surface area contributed by atoms with Gasteiger partial charge in [-0.3, -0.25) is 15.0 Å². The van der Waals surface area contributed by atoms with Gasteiger partial charge in [0, 0.05) is 42.6 Å². The SMILES string of the molecule is Cc1cn(-c2cc(Cc3cnccn3)nc(C[C@@H](C)c3ccc(F)cc3)c2)cn1. The lowest BCUT2D eigenvalue weighted by Crippen LogP contribution is -2.06. The number of nitrogens with zero attached hydrogens (tertiary/aromatic N) is 5. The fraction of sp³-hybridized carbons (Fsp3) is 0.217. The summed E-state index contributed by atoms with van der Waals surface area (Å²) in [7, 11) is 0. The minimum absolute atomic E-state index is 0.215. The van der Waals surface area contributed by atoms with Crippen LogP contribution in [0.3, 0.4) is 0 Å². The summed E-state index contributed by atoms with van der Waals surface area (Å²) in [6.07, 6.45) is 10.3. The summed E-state index contributed by atoms with van der Waals surface area (Å²) < 4.78 is 15.3. The van der Waals surface area contributed by atoms with Crippen LogP contribution in [-0.4, -0.2) is 24.5 Å². The molecule has 5 nitrogen and oxygen atoms in total. The van der Waals surface area contributed by atoms with E-state index in [0.717, 1.165) is 40.4 Å². The van der Waals surface area contributed by atoms with Crippen molar-refractivity contribution in [3.8, 4) is 5.69 Å². The number of halogens is 1. The molecule has 3 aromatic heterocycles. The number of hydrogen-bond donors (Lipinski definition) is 0. The first-order valence-corrected chi connectivity index (χ1v) is 9.58. The molecule has 4 rings (SSSR count). The predicted octanol–water partition coefficient (Wildman–Crippen LogP) is 4.44. The van der Waals surface area contributed by atoms with Gasteiger partial charge in [-0.25, -0.2) is 9.37 Å². The number of aryl methyl sites for hydroxylation is 1. The van der Waals surface area contributed by atoms with Gasteiger partial charge in [-0.1, -0.05) is 19.1 Å². The van der Waals surface area contributed by atoms with Crippen LogP contribution >= 0.6 is 0 Å². The predicted molar refractivity (Wildman–Crippen MR) is 109 cm³/mol. The fourth-order valence-electron chi connectivity index (χ4n) is 3.37. The van der Waals surface area contributed by atoms with Gasteiger partial charge in [-0.15, -0.1) is 0 Å². The summed E-state index contributed by atoms with van der Waals surface area (Å²) in [4.78, 5) is 17.7. The molecule has 3 heterocycles. The van der Waals surface area contributed by atoms with E-state index in [1.165, 1.54) is 12.1 Å². The zero-order chi connectivity index (χ0) is 20.2. The highest BCUT2D eigenvalue weighted by atomic mass is 19.1. The third kappa shape index (κ3) is 4.71. The zero-order valence-corrected chi connectivity index (χ0v) is 16.5. The van der Waals surface area contributed by atoms with E-state index in [1.807, 2.05) is 36.1 Å². The lowest BCUT2D eigenvalue weighted by molar-refractivity contribution is 0.625. The molecule has 146 valence electrons. The van der Waals surface area contributed by atoms with Crippen LogP contribution in [0.1, 0.15) is 41.2 Å². The van der Waals surface area contributed by atoms with Gasteiger partial charge < -0.3 is 4.57 Å². The number of aromatic nitrogens is 5. The molecule has 4 aromatic rings. The Hall–Kier alpha value is -3.41. The van der Waals surface area contributed by atoms with Crippen molar-refractivity contribution >= 4 is 0 Å². The standard InChI is InChI=1S/C23H22FN5/c1-16(18-3-5-19(24)6-4-18)9-20-11-23(29-14-17(2)27-15-29)12-21(28-20)10-22-13-25-7-8-26-22/h3-8,11-16H,9-10H2,1-2H3/t16-/m1/s1. The van der Waals surface area contributed by atoms with Gasteiger partial charge >= 0.3 is 0 Å². The summed E-state index contributed by atoms with van der Waals surface area (Å²) in [5.41, 5.74) is 5.84. The van der Waals surface area contributed by atoms with Crippen molar-refractivity contribution in [2.24, 2.45) is 0 Å². The fourth-order valence-corrected chi connectivity index (χ4v) is 3.37. The Morgan fingerprint density at radius 3 is 2.48 bits per heavy atom. The van der Waals surface area contributed by atoms with E-state index >= 15 is 0 Å². The molecule has 0 radical (unpaired) electrons. The van der Waals surface area contributed by atoms with Crippen molar-refractivity contribution in [2.45, 2.75) is 32.6 Å². The second-order valence-electron chi connectivity index (χ2n) is 7.26. The van der Waals surface area contributed by atoms with E-state index in [9.17, 15) is 4.39 Å². The van der Waals surface area contributed by atoms with Crippen LogP contribution in [0.25, 0.3) is 5.69 Å². The molecule has 0 aliphatic heterocycles. The van der Waals surface area contributed by atoms with E-state index in [4.69, 9.17) is 4.98 Å². The molecule has 0 unspecified atom stereocenters. The van der Waals surface area contributed by atoms with Crippen LogP contribution in [0, 0.1) is 12.7 Å². The maximum atomic E-state index is 13.2. The lowest BCUT2D eigenvalue weighted by atomic mass is 9.95. The first-order valence-electron chi connectivity index (χ1n) is 9.58. The normalized spacial score (nSPS) is 12.1. The minimum atomic E-state index is -0.220. The molecule has 0 bridgehead atoms. The van der Waals surface area contributed by atoms with Crippen LogP contribution in [0.15, 0.2) is 67.5 Å². The van der Waals surface area contributed by atoms with Crippen molar-refractivity contribution in [1.82, 2.24) is 24.5 Å². The summed E-state index contributed by atoms with van der Waals surface area (Å²) >= 11 is 0. The average molecular weight is 387 g/mol. The Balaban J connectivity index is 1.66. The van der Waals surface area contributed by atoms with Crippen LogP contribution in [0.2, 0.25) is 0 Å². The Morgan fingerprint density at radius 2 is 1.79 bits per heavy atom. The largest absolute Gasteiger partial charge is 0.306 e. The molecular formula is C23H22FN5. The van der Waals surface area contributed by atoms with Crippen LogP contribution < -0.4 is 0 Å². The Bertz CT molecular complexity index is 1090. The number of benzene rings is 1. The Kier molecular flexibility index (Phi) is 5.42. The molecule has 0 saturated carbocycles. The topological polar surface area (TPSA) is 56.5 Å². The van der Waals surface area contributed by atoms with Crippen molar-refractivity contribution in [3.05, 3.63) is 102 Å². The third-order valence-corrected chi connectivity index (χ3v) is 4.86. The summed E-state index contributed by atoms with van der Waals surface area (Å²) in [6.45, 7) is 4.10. The van der Waals surface area contributed by atoms with E-state index in [-0.39, 0.29) is 11.7 Å². The molecule has 0 fully saturated rings. The van der Waals surface area contributed by atoms with Gasteiger partial charge in [-0.05, 0) is 49.1 Å². The van der Waals surface area contributed by atoms with Crippen molar-refractivity contribution in [3.63, 3.8) is 0 Å². The van der Waals surface area contributed by atoms with Gasteiger partial charge in [0.2, 0.25) is 0 Å². The maximum Gasteiger partial charge on any atom is 0.123 e. The van der Waals surface area contributed by atoms with Gasteiger partial charge in [0.15, 0.2) is 0 Å². The van der Waals surface area contributed by atoms with Gasteiger partial charge in [0.25, 0.3) is 0 Å². The average Bonchev–Trinajstić information content (AvgIpc) is 3.15. The summed E-state index contributed by atoms with van der Waals surface area (Å²) in [5, 5.41) is 0. The molecule has 0 spiro atoms. The first-order chi connectivity index (χ1) is 14.1. The molecule has 29 heavy (non-hydrogen) atoms. The molecule has 0 aliphatic carbocycles. The van der Waals surface area contributed by atoms with E-state index in [1.54, 1.807) is 18.6 Å². The molecule has 0 saturated heterocycles. The highest BCUT2D eigenvalue weighted by Gasteiger charge is 2.12. The monoisotopic (exact) mass is 387 g/mol.